The van der Waals surface area contributed by atoms with E-state index in [1.165, 1.54) is 180 Å². The number of unbranched alkanes of at least 4 members (excludes halogenated alkanes) is 28. The maximum atomic E-state index is 11.4. The standard InChI is InChI=1S/C59H122N4O4/c1-5-9-13-17-21-25-29-33-40-56(64)52-60-44-37-45-61(53-57(65)41-34-30-26-22-18-14-10-6-2)47-39-49-63(55-59(67)43-36-32-28-24-20-16-12-8-4)51-50-62(48-38-46-60)54-58(66)42-35-31-27-23-19-15-11-7-3/h56-59,64-67H,5-55H2,1-4H3. The second-order valence-electron chi connectivity index (χ2n) is 21.9. The summed E-state index contributed by atoms with van der Waals surface area (Å²) in [6, 6.07) is 0. The van der Waals surface area contributed by atoms with Crippen molar-refractivity contribution in [2.24, 2.45) is 0 Å². The minimum atomic E-state index is -0.307. The van der Waals surface area contributed by atoms with Crippen LogP contribution in [0.15, 0.2) is 0 Å². The Kier molecular flexibility index (Phi) is 47.6. The van der Waals surface area contributed by atoms with E-state index in [4.69, 9.17) is 0 Å². The van der Waals surface area contributed by atoms with Crippen LogP contribution in [-0.2, 0) is 0 Å². The van der Waals surface area contributed by atoms with Crippen LogP contribution in [0.1, 0.15) is 278 Å². The molecule has 8 nitrogen and oxygen atoms in total. The van der Waals surface area contributed by atoms with Crippen LogP contribution in [0.2, 0.25) is 0 Å². The van der Waals surface area contributed by atoms with Crippen molar-refractivity contribution in [3.05, 3.63) is 0 Å². The Morgan fingerprint density at radius 1 is 0.239 bits per heavy atom. The van der Waals surface area contributed by atoms with E-state index >= 15 is 0 Å². The lowest BCUT2D eigenvalue weighted by Gasteiger charge is -2.31. The molecule has 1 fully saturated rings. The van der Waals surface area contributed by atoms with Gasteiger partial charge in [0.15, 0.2) is 0 Å². The molecule has 1 rings (SSSR count). The second-order valence-corrected chi connectivity index (χ2v) is 21.9. The minimum Gasteiger partial charge on any atom is -0.392 e. The van der Waals surface area contributed by atoms with Gasteiger partial charge in [-0.05, 0) is 84.2 Å². The van der Waals surface area contributed by atoms with Gasteiger partial charge in [-0.2, -0.15) is 0 Å². The molecule has 4 unspecified atom stereocenters. The first kappa shape index (κ1) is 64.7. The van der Waals surface area contributed by atoms with Gasteiger partial charge in [-0.15, -0.1) is 0 Å². The molecule has 0 radical (unpaired) electrons. The molecule has 1 saturated heterocycles. The van der Waals surface area contributed by atoms with Crippen LogP contribution < -0.4 is 0 Å². The van der Waals surface area contributed by atoms with E-state index in [9.17, 15) is 20.4 Å². The van der Waals surface area contributed by atoms with Crippen LogP contribution in [0.5, 0.6) is 0 Å². The third-order valence-corrected chi connectivity index (χ3v) is 15.0. The maximum absolute atomic E-state index is 11.4. The van der Waals surface area contributed by atoms with Crippen molar-refractivity contribution >= 4 is 0 Å². The summed E-state index contributed by atoms with van der Waals surface area (Å²) in [5.41, 5.74) is 0. The Bertz CT molecular complexity index is 904. The molecule has 402 valence electrons. The molecule has 1 aliphatic heterocycles. The SMILES string of the molecule is CCCCCCCCCCC(O)CN1CCCN(CC(O)CCCCCCCCCC)CCCN(CC(O)CCCCCCCCCC)CCN(CC(O)CCCCCCCCCC)CCC1. The van der Waals surface area contributed by atoms with Crippen LogP contribution in [0.3, 0.4) is 0 Å². The first-order valence-corrected chi connectivity index (χ1v) is 30.4. The Balaban J connectivity index is 3.02. The van der Waals surface area contributed by atoms with E-state index in [1.54, 1.807) is 0 Å². The van der Waals surface area contributed by atoms with Crippen molar-refractivity contribution in [2.45, 2.75) is 303 Å². The van der Waals surface area contributed by atoms with Gasteiger partial charge in [0.25, 0.3) is 0 Å². The quantitative estimate of drug-likeness (QED) is 0.0449. The van der Waals surface area contributed by atoms with E-state index in [0.717, 1.165) is 149 Å². The number of aliphatic hydroxyl groups excluding tert-OH is 4. The van der Waals surface area contributed by atoms with Crippen molar-refractivity contribution < 1.29 is 20.4 Å². The fraction of sp³-hybridized carbons (Fsp3) is 1.00. The summed E-state index contributed by atoms with van der Waals surface area (Å²) >= 11 is 0. The zero-order valence-electron chi connectivity index (χ0n) is 45.9. The zero-order valence-corrected chi connectivity index (χ0v) is 45.9. The molecule has 67 heavy (non-hydrogen) atoms. The molecule has 0 saturated carbocycles. The molecule has 0 bridgehead atoms. The predicted molar refractivity (Wildman–Crippen MR) is 293 cm³/mol. The van der Waals surface area contributed by atoms with Gasteiger partial charge in [-0.3, -0.25) is 9.80 Å². The highest BCUT2D eigenvalue weighted by atomic mass is 16.3. The fourth-order valence-corrected chi connectivity index (χ4v) is 10.6. The lowest BCUT2D eigenvalue weighted by molar-refractivity contribution is 0.0715. The lowest BCUT2D eigenvalue weighted by Crippen LogP contribution is -2.43. The number of rotatable bonds is 44. The number of β-amino-alcohol motifs (C(OH)–C–C–N with tert-alkyl or cyclic N) is 4. The lowest BCUT2D eigenvalue weighted by atomic mass is 10.1. The maximum Gasteiger partial charge on any atom is 0.0667 e. The van der Waals surface area contributed by atoms with E-state index in [0.29, 0.717) is 0 Å². The number of aliphatic hydroxyl groups is 4. The van der Waals surface area contributed by atoms with Gasteiger partial charge in [-0.25, -0.2) is 0 Å². The second kappa shape index (κ2) is 49.3. The van der Waals surface area contributed by atoms with Crippen molar-refractivity contribution in [3.63, 3.8) is 0 Å². The summed E-state index contributed by atoms with van der Waals surface area (Å²) in [5, 5.41) is 45.5. The van der Waals surface area contributed by atoms with Gasteiger partial charge in [0.2, 0.25) is 0 Å². The van der Waals surface area contributed by atoms with E-state index in [-0.39, 0.29) is 24.4 Å². The Morgan fingerprint density at radius 3 is 0.597 bits per heavy atom. The summed E-state index contributed by atoms with van der Waals surface area (Å²) in [4.78, 5) is 10.1. The third-order valence-electron chi connectivity index (χ3n) is 15.0. The summed E-state index contributed by atoms with van der Waals surface area (Å²) in [7, 11) is 0. The zero-order chi connectivity index (χ0) is 48.7. The normalized spacial score (nSPS) is 17.9. The molecule has 0 aliphatic carbocycles. The van der Waals surface area contributed by atoms with Crippen molar-refractivity contribution in [3.8, 4) is 0 Å². The van der Waals surface area contributed by atoms with Crippen molar-refractivity contribution in [1.82, 2.24) is 19.6 Å². The molecule has 0 spiro atoms. The summed E-state index contributed by atoms with van der Waals surface area (Å²) in [6.45, 7) is 19.6. The predicted octanol–water partition coefficient (Wildman–Crippen LogP) is 13.9. The average molecular weight is 952 g/mol. The molecular weight excluding hydrogens is 829 g/mol. The van der Waals surface area contributed by atoms with Crippen molar-refractivity contribution in [1.29, 1.82) is 0 Å². The van der Waals surface area contributed by atoms with Crippen LogP contribution in [-0.4, -0.2) is 143 Å². The molecule has 1 heterocycles. The molecule has 8 heteroatoms. The first-order chi connectivity index (χ1) is 32.8. The molecule has 0 aromatic rings. The molecule has 1 aliphatic rings. The Labute approximate surface area is 419 Å². The average Bonchev–Trinajstić information content (AvgIpc) is 3.31. The molecule has 0 amide bonds. The van der Waals surface area contributed by atoms with E-state index in [2.05, 4.69) is 47.3 Å². The van der Waals surface area contributed by atoms with Crippen LogP contribution in [0, 0.1) is 0 Å². The van der Waals surface area contributed by atoms with Gasteiger partial charge in [0.1, 0.15) is 0 Å². The van der Waals surface area contributed by atoms with Gasteiger partial charge in [0.05, 0.1) is 24.4 Å². The summed E-state index contributed by atoms with van der Waals surface area (Å²) in [6.07, 6.45) is 46.6. The smallest absolute Gasteiger partial charge is 0.0667 e. The minimum absolute atomic E-state index is 0.290. The van der Waals surface area contributed by atoms with Crippen LogP contribution in [0.25, 0.3) is 0 Å². The van der Waals surface area contributed by atoms with E-state index < -0.39 is 0 Å². The first-order valence-electron chi connectivity index (χ1n) is 30.4. The highest BCUT2D eigenvalue weighted by Crippen LogP contribution is 2.17. The van der Waals surface area contributed by atoms with E-state index in [1.807, 2.05) is 0 Å². The molecular formula is C59H122N4O4. The van der Waals surface area contributed by atoms with Gasteiger partial charge >= 0.3 is 0 Å². The van der Waals surface area contributed by atoms with Gasteiger partial charge < -0.3 is 30.2 Å². The third kappa shape index (κ3) is 43.0. The van der Waals surface area contributed by atoms with Crippen LogP contribution in [0.4, 0.5) is 0 Å². The van der Waals surface area contributed by atoms with Crippen molar-refractivity contribution in [2.75, 3.05) is 78.5 Å². The Hall–Kier alpha value is -0.320. The molecule has 0 aromatic heterocycles. The molecule has 0 aromatic carbocycles. The number of hydrogen-bond donors (Lipinski definition) is 4. The van der Waals surface area contributed by atoms with Gasteiger partial charge in [-0.1, -0.05) is 233 Å². The topological polar surface area (TPSA) is 93.9 Å². The highest BCUT2D eigenvalue weighted by molar-refractivity contribution is 4.75. The highest BCUT2D eigenvalue weighted by Gasteiger charge is 2.20. The fourth-order valence-electron chi connectivity index (χ4n) is 10.6. The largest absolute Gasteiger partial charge is 0.392 e. The van der Waals surface area contributed by atoms with Crippen LogP contribution >= 0.6 is 0 Å². The number of nitrogens with zero attached hydrogens (tertiary/aromatic N) is 4. The summed E-state index contributed by atoms with van der Waals surface area (Å²) < 4.78 is 0. The Morgan fingerprint density at radius 2 is 0.403 bits per heavy atom. The monoisotopic (exact) mass is 951 g/mol. The molecule has 4 atom stereocenters. The summed E-state index contributed by atoms with van der Waals surface area (Å²) in [5.74, 6) is 0. The molecule has 4 N–H and O–H groups in total. The number of hydrogen-bond acceptors (Lipinski definition) is 8. The van der Waals surface area contributed by atoms with Gasteiger partial charge in [0, 0.05) is 39.3 Å².